The number of amides is 4. The van der Waals surface area contributed by atoms with Gasteiger partial charge in [0, 0.05) is 6.04 Å². The van der Waals surface area contributed by atoms with E-state index in [1.807, 2.05) is 43.7 Å². The summed E-state index contributed by atoms with van der Waals surface area (Å²) in [6.07, 6.45) is 8.11. The first-order chi connectivity index (χ1) is 27.4. The summed E-state index contributed by atoms with van der Waals surface area (Å²) in [6.45, 7) is 7.66. The highest BCUT2D eigenvalue weighted by molar-refractivity contribution is 5.89. The number of fused-ring (bicyclic) bond motifs is 3. The topological polar surface area (TPSA) is 175 Å². The van der Waals surface area contributed by atoms with Gasteiger partial charge in [0.25, 0.3) is 0 Å². The van der Waals surface area contributed by atoms with Crippen LogP contribution in [0.1, 0.15) is 77.1 Å². The molecule has 14 heteroatoms. The first-order valence-electron chi connectivity index (χ1n) is 19.8. The number of carbonyl (C=O) groups excluding carboxylic acids is 4. The number of benzene rings is 2. The Labute approximate surface area is 331 Å². The molecule has 3 fully saturated rings. The molecule has 4 aliphatic rings. The van der Waals surface area contributed by atoms with E-state index in [0.29, 0.717) is 18.2 Å². The van der Waals surface area contributed by atoms with Gasteiger partial charge in [-0.1, -0.05) is 82.3 Å². The summed E-state index contributed by atoms with van der Waals surface area (Å²) >= 11 is 0. The lowest BCUT2D eigenvalue weighted by molar-refractivity contribution is -0.139. The lowest BCUT2D eigenvalue weighted by Crippen LogP contribution is -2.54. The zero-order valence-corrected chi connectivity index (χ0v) is 33.1. The lowest BCUT2D eigenvalue weighted by atomic mass is 9.95. The normalized spacial score (nSPS) is 22.9. The van der Waals surface area contributed by atoms with Crippen molar-refractivity contribution < 1.29 is 28.7 Å². The van der Waals surface area contributed by atoms with Crippen molar-refractivity contribution >= 4 is 24.0 Å². The van der Waals surface area contributed by atoms with E-state index in [2.05, 4.69) is 75.2 Å². The fourth-order valence-electron chi connectivity index (χ4n) is 8.99. The molecular weight excluding hydrogens is 725 g/mol. The second kappa shape index (κ2) is 15.2. The molecule has 4 heterocycles. The molecule has 2 aliphatic carbocycles. The van der Waals surface area contributed by atoms with Gasteiger partial charge in [0.2, 0.25) is 11.8 Å². The van der Waals surface area contributed by atoms with Gasteiger partial charge in [-0.2, -0.15) is 0 Å². The molecule has 57 heavy (non-hydrogen) atoms. The maximum Gasteiger partial charge on any atom is 0.407 e. The Hall–Kier alpha value is -5.92. The van der Waals surface area contributed by atoms with Crippen LogP contribution in [0.3, 0.4) is 0 Å². The molecule has 4 N–H and O–H groups in total. The lowest BCUT2D eigenvalue weighted by Gasteiger charge is -2.37. The third-order valence-corrected chi connectivity index (χ3v) is 12.1. The van der Waals surface area contributed by atoms with Gasteiger partial charge in [-0.15, -0.1) is 0 Å². The van der Waals surface area contributed by atoms with Gasteiger partial charge in [-0.3, -0.25) is 9.59 Å². The number of nitrogens with one attached hydrogen (secondary N) is 4. The maximum atomic E-state index is 13.9. The average molecular weight is 775 g/mol. The summed E-state index contributed by atoms with van der Waals surface area (Å²) in [7, 11) is 2.59. The number of piperidine rings is 1. The molecule has 4 aromatic rings. The van der Waals surface area contributed by atoms with Crippen LogP contribution in [0.15, 0.2) is 72.6 Å². The van der Waals surface area contributed by atoms with E-state index >= 15 is 0 Å². The first-order valence-corrected chi connectivity index (χ1v) is 19.8. The van der Waals surface area contributed by atoms with Crippen LogP contribution < -0.4 is 10.6 Å². The number of H-pyrrole nitrogens is 2. The van der Waals surface area contributed by atoms with Crippen molar-refractivity contribution in [2.75, 3.05) is 14.2 Å². The molecule has 0 spiro atoms. The van der Waals surface area contributed by atoms with Crippen LogP contribution in [0.2, 0.25) is 0 Å². The van der Waals surface area contributed by atoms with Crippen LogP contribution in [0.4, 0.5) is 9.59 Å². The van der Waals surface area contributed by atoms with Gasteiger partial charge >= 0.3 is 12.2 Å². The van der Waals surface area contributed by atoms with E-state index in [4.69, 9.17) is 19.4 Å². The minimum atomic E-state index is -0.710. The minimum Gasteiger partial charge on any atom is -0.453 e. The number of aromatic nitrogens is 4. The molecule has 0 radical (unpaired) electrons. The number of hydrogen-bond acceptors (Lipinski definition) is 8. The second-order valence-electron chi connectivity index (χ2n) is 16.3. The highest BCUT2D eigenvalue weighted by Gasteiger charge is 2.52. The van der Waals surface area contributed by atoms with Crippen LogP contribution in [0.25, 0.3) is 33.6 Å². The third-order valence-electron chi connectivity index (χ3n) is 12.1. The summed E-state index contributed by atoms with van der Waals surface area (Å²) < 4.78 is 9.60. The van der Waals surface area contributed by atoms with E-state index in [-0.39, 0.29) is 47.8 Å². The molecule has 4 amide bonds. The number of methoxy groups -OCH3 is 2. The Morgan fingerprint density at radius 2 is 1.19 bits per heavy atom. The van der Waals surface area contributed by atoms with Gasteiger partial charge in [-0.25, -0.2) is 19.6 Å². The molecule has 298 valence electrons. The molecule has 8 rings (SSSR count). The van der Waals surface area contributed by atoms with Crippen molar-refractivity contribution in [3.63, 3.8) is 0 Å². The van der Waals surface area contributed by atoms with Gasteiger partial charge < -0.3 is 39.9 Å². The van der Waals surface area contributed by atoms with Crippen molar-refractivity contribution in [1.29, 1.82) is 0 Å². The highest BCUT2D eigenvalue weighted by Crippen LogP contribution is 2.50. The van der Waals surface area contributed by atoms with Gasteiger partial charge in [0.1, 0.15) is 23.7 Å². The number of aromatic amines is 2. The van der Waals surface area contributed by atoms with Crippen molar-refractivity contribution in [2.24, 2.45) is 17.8 Å². The predicted octanol–water partition coefficient (Wildman–Crippen LogP) is 6.53. The number of nitrogens with zero attached hydrogens (tertiary/aromatic N) is 4. The maximum absolute atomic E-state index is 13.9. The summed E-state index contributed by atoms with van der Waals surface area (Å²) in [5.41, 5.74) is 7.02. The molecule has 1 saturated carbocycles. The Bertz CT molecular complexity index is 2190. The number of ether oxygens (including phenoxy) is 2. The molecule has 2 aliphatic heterocycles. The summed E-state index contributed by atoms with van der Waals surface area (Å²) in [6, 6.07) is 14.9. The number of alkyl carbamates (subject to hydrolysis) is 2. The number of imidazole rings is 2. The van der Waals surface area contributed by atoms with E-state index < -0.39 is 24.3 Å². The summed E-state index contributed by atoms with van der Waals surface area (Å²) in [5.74, 6) is 1.32. The molecule has 2 aromatic heterocycles. The molecule has 7 atom stereocenters. The van der Waals surface area contributed by atoms with Crippen LogP contribution in [0, 0.1) is 17.8 Å². The minimum absolute atomic E-state index is 0.0398. The van der Waals surface area contributed by atoms with Gasteiger partial charge in [0.15, 0.2) is 0 Å². The predicted molar refractivity (Wildman–Crippen MR) is 212 cm³/mol. The fourth-order valence-corrected chi connectivity index (χ4v) is 8.99. The zero-order chi connectivity index (χ0) is 40.1. The fraction of sp³-hybridized carbons (Fsp3) is 0.442. The van der Waals surface area contributed by atoms with E-state index in [9.17, 15) is 19.2 Å². The van der Waals surface area contributed by atoms with Gasteiger partial charge in [-0.05, 0) is 71.3 Å². The van der Waals surface area contributed by atoms with Crippen LogP contribution in [0.5, 0.6) is 0 Å². The van der Waals surface area contributed by atoms with E-state index in [1.54, 1.807) is 6.20 Å². The van der Waals surface area contributed by atoms with Crippen LogP contribution in [-0.4, -0.2) is 92.1 Å². The number of rotatable bonds is 11. The largest absolute Gasteiger partial charge is 0.453 e. The molecule has 2 aromatic carbocycles. The molecular formula is C43H50N8O6. The standard InChI is InChI=1S/C43H50N8O6/c1-22(2)35(48-42(54)56-5)40(52)50-30-16-15-28(17-30)37(50)39-45-21-32(47-39)27-13-9-25(10-14-27)24-7-11-26(12-8-24)31-20-44-38(46-31)34-19-29-18-33(29)51(34)41(53)36(23(3)4)49-43(55)57-6/h7-14,18,20-23,28,30,33-37H,15-17,19H2,1-6H3,(H,44,46)(H,45,47)(H,48,54)(H,49,55)/t28-,30+,33+,34-,35-,36-,37-/m0/s1. The van der Waals surface area contributed by atoms with Gasteiger partial charge in [0.05, 0.1) is 56.1 Å². The molecule has 2 bridgehead atoms. The average Bonchev–Trinajstić information content (AvgIpc) is 3.86. The number of carbonyl (C=O) groups is 4. The summed E-state index contributed by atoms with van der Waals surface area (Å²) in [5, 5.41) is 5.46. The number of likely N-dealkylation sites (tertiary alicyclic amines) is 2. The Morgan fingerprint density at radius 3 is 1.72 bits per heavy atom. The van der Waals surface area contributed by atoms with Crippen molar-refractivity contribution in [1.82, 2.24) is 40.4 Å². The quantitative estimate of drug-likeness (QED) is 0.125. The molecule has 2 saturated heterocycles. The Morgan fingerprint density at radius 1 is 0.702 bits per heavy atom. The Balaban J connectivity index is 0.943. The summed E-state index contributed by atoms with van der Waals surface area (Å²) in [4.78, 5) is 72.1. The van der Waals surface area contributed by atoms with Crippen molar-refractivity contribution in [3.8, 4) is 33.6 Å². The smallest absolute Gasteiger partial charge is 0.407 e. The second-order valence-corrected chi connectivity index (χ2v) is 16.3. The van der Waals surface area contributed by atoms with Crippen molar-refractivity contribution in [2.45, 2.75) is 89.6 Å². The Kier molecular flexibility index (Phi) is 10.1. The monoisotopic (exact) mass is 774 g/mol. The van der Waals surface area contributed by atoms with Crippen LogP contribution >= 0.6 is 0 Å². The highest BCUT2D eigenvalue weighted by atomic mass is 16.5. The molecule has 14 nitrogen and oxygen atoms in total. The number of hydrogen-bond donors (Lipinski definition) is 4. The first kappa shape index (κ1) is 38.0. The zero-order valence-electron chi connectivity index (χ0n) is 33.1. The van der Waals surface area contributed by atoms with E-state index in [1.165, 1.54) is 19.8 Å². The third kappa shape index (κ3) is 7.17. The van der Waals surface area contributed by atoms with Crippen LogP contribution in [-0.2, 0) is 19.1 Å². The van der Waals surface area contributed by atoms with E-state index in [0.717, 1.165) is 58.7 Å². The van der Waals surface area contributed by atoms with Crippen molar-refractivity contribution in [3.05, 3.63) is 84.2 Å². The molecule has 0 unspecified atom stereocenters. The SMILES string of the molecule is COC(=O)N[C@H](C(=O)N1[C@@H]2CC[C@@H](C2)[C@H]1c1ncc(-c2ccc(-c3ccc(-c4cnc([C@@H]5CC6=C[C@H]6N5C(=O)[C@@H](NC(=O)OC)C(C)C)[nH]4)cc3)cc2)[nH]1)C(C)C.